The maximum atomic E-state index is 12.4. The van der Waals surface area contributed by atoms with Crippen molar-refractivity contribution in [1.82, 2.24) is 0 Å². The first-order valence-electron chi connectivity index (χ1n) is 9.05. The summed E-state index contributed by atoms with van der Waals surface area (Å²) in [7, 11) is 1.25. The van der Waals surface area contributed by atoms with Gasteiger partial charge in [0.15, 0.2) is 12.2 Å². The van der Waals surface area contributed by atoms with Gasteiger partial charge in [0.05, 0.1) is 12.8 Å². The van der Waals surface area contributed by atoms with Crippen LogP contribution in [0.3, 0.4) is 0 Å². The Balaban J connectivity index is 2.34. The number of methoxy groups -OCH3 is 1. The molecule has 2 rings (SSSR count). The lowest BCUT2D eigenvalue weighted by Crippen LogP contribution is -2.49. The number of esters is 2. The number of rotatable bonds is 6. The summed E-state index contributed by atoms with van der Waals surface area (Å²) in [5, 5.41) is 0. The van der Waals surface area contributed by atoms with Crippen LogP contribution in [0.15, 0.2) is 18.2 Å². The first kappa shape index (κ1) is 21.2. The van der Waals surface area contributed by atoms with Crippen molar-refractivity contribution < 1.29 is 23.8 Å². The van der Waals surface area contributed by atoms with Gasteiger partial charge in [-0.1, -0.05) is 52.0 Å². The first-order chi connectivity index (χ1) is 12.7. The van der Waals surface area contributed by atoms with Gasteiger partial charge in [0.25, 0.3) is 0 Å². The fourth-order valence-electron chi connectivity index (χ4n) is 2.95. The average molecular weight is 394 g/mol. The standard InChI is InChI=1S/C20H27NO5S/c1-11(2)14-8-7-9-15-18(14)26-17(12(3)4)19(27)21(15)10-16(22)25-13(5)20(23)24-6/h7-9,11-13,17H,10H2,1-6H3/t13-,17-/m0/s1. The summed E-state index contributed by atoms with van der Waals surface area (Å²) in [6, 6.07) is 5.82. The molecule has 0 fully saturated rings. The molecular formula is C20H27NO5S. The van der Waals surface area contributed by atoms with Gasteiger partial charge in [-0.05, 0) is 30.4 Å². The molecule has 0 amide bonds. The first-order valence-corrected chi connectivity index (χ1v) is 9.46. The zero-order chi connectivity index (χ0) is 20.3. The third-order valence-electron chi connectivity index (χ3n) is 4.43. The molecule has 148 valence electrons. The number of anilines is 1. The number of benzene rings is 1. The van der Waals surface area contributed by atoms with Crippen LogP contribution in [0, 0.1) is 5.92 Å². The highest BCUT2D eigenvalue weighted by molar-refractivity contribution is 7.80. The molecule has 0 saturated carbocycles. The van der Waals surface area contributed by atoms with E-state index in [1.54, 1.807) is 4.90 Å². The van der Waals surface area contributed by atoms with Crippen molar-refractivity contribution >= 4 is 34.8 Å². The molecule has 1 aliphatic rings. The zero-order valence-electron chi connectivity index (χ0n) is 16.6. The van der Waals surface area contributed by atoms with Crippen molar-refractivity contribution in [2.75, 3.05) is 18.6 Å². The number of hydrogen-bond donors (Lipinski definition) is 0. The molecule has 27 heavy (non-hydrogen) atoms. The molecule has 0 bridgehead atoms. The van der Waals surface area contributed by atoms with Crippen molar-refractivity contribution in [1.29, 1.82) is 0 Å². The van der Waals surface area contributed by atoms with E-state index in [4.69, 9.17) is 21.7 Å². The second kappa shape index (κ2) is 8.69. The number of carbonyl (C=O) groups excluding carboxylic acids is 2. The summed E-state index contributed by atoms with van der Waals surface area (Å²) in [6.45, 7) is 9.61. The predicted octanol–water partition coefficient (Wildman–Crippen LogP) is 3.47. The van der Waals surface area contributed by atoms with Crippen LogP contribution in [0.25, 0.3) is 0 Å². The highest BCUT2D eigenvalue weighted by atomic mass is 32.1. The molecule has 0 spiro atoms. The number of nitrogens with zero attached hydrogens (tertiary/aromatic N) is 1. The summed E-state index contributed by atoms with van der Waals surface area (Å²) in [5.41, 5.74) is 1.80. The fourth-order valence-corrected chi connectivity index (χ4v) is 3.43. The molecule has 0 radical (unpaired) electrons. The Morgan fingerprint density at radius 3 is 2.44 bits per heavy atom. The van der Waals surface area contributed by atoms with Crippen molar-refractivity contribution in [3.63, 3.8) is 0 Å². The van der Waals surface area contributed by atoms with Crippen LogP contribution in [0.4, 0.5) is 5.69 Å². The Morgan fingerprint density at radius 2 is 1.89 bits per heavy atom. The summed E-state index contributed by atoms with van der Waals surface area (Å²) in [6.07, 6.45) is -1.29. The van der Waals surface area contributed by atoms with Gasteiger partial charge in [-0.15, -0.1) is 0 Å². The zero-order valence-corrected chi connectivity index (χ0v) is 17.5. The van der Waals surface area contributed by atoms with Gasteiger partial charge in [0, 0.05) is 0 Å². The normalized spacial score (nSPS) is 17.4. The van der Waals surface area contributed by atoms with E-state index in [1.807, 2.05) is 32.0 Å². The number of carbonyl (C=O) groups is 2. The number of thiocarbonyl (C=S) groups is 1. The third kappa shape index (κ3) is 4.58. The average Bonchev–Trinajstić information content (AvgIpc) is 2.61. The number of ether oxygens (including phenoxy) is 3. The molecule has 6 nitrogen and oxygen atoms in total. The summed E-state index contributed by atoms with van der Waals surface area (Å²) >= 11 is 5.62. The van der Waals surface area contributed by atoms with Crippen molar-refractivity contribution in [3.05, 3.63) is 23.8 Å². The van der Waals surface area contributed by atoms with E-state index >= 15 is 0 Å². The lowest BCUT2D eigenvalue weighted by Gasteiger charge is -2.39. The molecule has 1 aromatic rings. The van der Waals surface area contributed by atoms with Gasteiger partial charge in [0.2, 0.25) is 0 Å². The molecule has 0 saturated heterocycles. The molecule has 0 aliphatic carbocycles. The van der Waals surface area contributed by atoms with Gasteiger partial charge in [-0.25, -0.2) is 4.79 Å². The van der Waals surface area contributed by atoms with Crippen LogP contribution in [0.2, 0.25) is 0 Å². The monoisotopic (exact) mass is 393 g/mol. The van der Waals surface area contributed by atoms with Gasteiger partial charge in [-0.2, -0.15) is 0 Å². The minimum atomic E-state index is -0.973. The van der Waals surface area contributed by atoms with Crippen LogP contribution in [-0.2, 0) is 19.1 Å². The van der Waals surface area contributed by atoms with Crippen LogP contribution >= 0.6 is 12.2 Å². The predicted molar refractivity (Wildman–Crippen MR) is 107 cm³/mol. The Bertz CT molecular complexity index is 731. The van der Waals surface area contributed by atoms with Crippen LogP contribution in [0.1, 0.15) is 46.1 Å². The molecule has 2 atom stereocenters. The second-order valence-electron chi connectivity index (χ2n) is 7.21. The maximum absolute atomic E-state index is 12.4. The molecule has 0 aromatic heterocycles. The molecule has 0 unspecified atom stereocenters. The molecule has 1 aromatic carbocycles. The van der Waals surface area contributed by atoms with E-state index in [1.165, 1.54) is 14.0 Å². The number of hydrogen-bond acceptors (Lipinski definition) is 6. The summed E-state index contributed by atoms with van der Waals surface area (Å²) in [5.74, 6) is -0.0180. The lowest BCUT2D eigenvalue weighted by atomic mass is 9.97. The minimum Gasteiger partial charge on any atom is -0.481 e. The van der Waals surface area contributed by atoms with Gasteiger partial charge in [-0.3, -0.25) is 4.79 Å². The van der Waals surface area contributed by atoms with Gasteiger partial charge in [0.1, 0.15) is 17.3 Å². The van der Waals surface area contributed by atoms with E-state index in [0.717, 1.165) is 17.0 Å². The molecule has 0 N–H and O–H groups in total. The highest BCUT2D eigenvalue weighted by Crippen LogP contribution is 2.41. The van der Waals surface area contributed by atoms with Crippen molar-refractivity contribution in [3.8, 4) is 5.75 Å². The third-order valence-corrected chi connectivity index (χ3v) is 4.88. The lowest BCUT2D eigenvalue weighted by molar-refractivity contribution is -0.163. The molecule has 1 aliphatic heterocycles. The second-order valence-corrected chi connectivity index (χ2v) is 7.63. The molecule has 1 heterocycles. The molecule has 7 heteroatoms. The molecular weight excluding hydrogens is 366 g/mol. The van der Waals surface area contributed by atoms with E-state index in [-0.39, 0.29) is 24.5 Å². The van der Waals surface area contributed by atoms with E-state index in [0.29, 0.717) is 4.99 Å². The topological polar surface area (TPSA) is 65.1 Å². The SMILES string of the molecule is COC(=O)[C@H](C)OC(=O)CN1C(=S)[C@H](C(C)C)Oc2c(C(C)C)cccc21. The van der Waals surface area contributed by atoms with Crippen LogP contribution in [-0.4, -0.2) is 42.8 Å². The Morgan fingerprint density at radius 1 is 1.22 bits per heavy atom. The van der Waals surface area contributed by atoms with Crippen LogP contribution in [0.5, 0.6) is 5.75 Å². The van der Waals surface area contributed by atoms with E-state index in [2.05, 4.69) is 18.6 Å². The van der Waals surface area contributed by atoms with Crippen molar-refractivity contribution in [2.45, 2.75) is 52.7 Å². The largest absolute Gasteiger partial charge is 0.481 e. The van der Waals surface area contributed by atoms with E-state index < -0.39 is 18.0 Å². The number of para-hydroxylation sites is 1. The summed E-state index contributed by atoms with van der Waals surface area (Å²) in [4.78, 5) is 26.2. The van der Waals surface area contributed by atoms with Gasteiger partial charge >= 0.3 is 11.9 Å². The minimum absolute atomic E-state index is 0.0959. The maximum Gasteiger partial charge on any atom is 0.346 e. The Kier molecular flexibility index (Phi) is 6.81. The smallest absolute Gasteiger partial charge is 0.346 e. The fraction of sp³-hybridized carbons (Fsp3) is 0.550. The number of fused-ring (bicyclic) bond motifs is 1. The van der Waals surface area contributed by atoms with E-state index in [9.17, 15) is 9.59 Å². The summed E-state index contributed by atoms with van der Waals surface area (Å²) < 4.78 is 16.0. The van der Waals surface area contributed by atoms with Crippen molar-refractivity contribution in [2.24, 2.45) is 5.92 Å². The van der Waals surface area contributed by atoms with Gasteiger partial charge < -0.3 is 19.1 Å². The Hall–Kier alpha value is -2.15. The Labute approximate surface area is 165 Å². The quantitative estimate of drug-likeness (QED) is 0.542. The van der Waals surface area contributed by atoms with Crippen LogP contribution < -0.4 is 9.64 Å². The highest BCUT2D eigenvalue weighted by Gasteiger charge is 2.36.